The molecule has 8 aromatic rings. The van der Waals surface area contributed by atoms with E-state index in [0.717, 1.165) is 50.4 Å². The highest BCUT2D eigenvalue weighted by molar-refractivity contribution is 7.25. The molecule has 190 valence electrons. The third kappa shape index (κ3) is 3.89. The van der Waals surface area contributed by atoms with Crippen LogP contribution in [0.4, 0.5) is 28.4 Å². The second-order valence-electron chi connectivity index (χ2n) is 9.93. The molecular formula is C36H24N2OS. The van der Waals surface area contributed by atoms with Crippen molar-refractivity contribution in [3.8, 4) is 0 Å². The predicted octanol–water partition coefficient (Wildman–Crippen LogP) is 11.2. The van der Waals surface area contributed by atoms with Crippen LogP contribution in [0.2, 0.25) is 0 Å². The molecule has 0 saturated carbocycles. The Morgan fingerprint density at radius 2 is 1.12 bits per heavy atom. The van der Waals surface area contributed by atoms with Gasteiger partial charge in [0.15, 0.2) is 0 Å². The average molecular weight is 533 g/mol. The summed E-state index contributed by atoms with van der Waals surface area (Å²) >= 11 is 1.84. The molecule has 0 amide bonds. The van der Waals surface area contributed by atoms with Crippen LogP contribution in [0.25, 0.3) is 42.1 Å². The van der Waals surface area contributed by atoms with Crippen LogP contribution in [0.15, 0.2) is 144 Å². The van der Waals surface area contributed by atoms with E-state index in [1.807, 2.05) is 29.5 Å². The van der Waals surface area contributed by atoms with Crippen LogP contribution in [0.3, 0.4) is 0 Å². The summed E-state index contributed by atoms with van der Waals surface area (Å²) in [5, 5.41) is 8.48. The van der Waals surface area contributed by atoms with E-state index in [1.54, 1.807) is 0 Å². The molecule has 0 aliphatic carbocycles. The van der Waals surface area contributed by atoms with Gasteiger partial charge in [-0.2, -0.15) is 0 Å². The zero-order valence-corrected chi connectivity index (χ0v) is 22.4. The lowest BCUT2D eigenvalue weighted by atomic mass is 10.1. The number of para-hydroxylation sites is 2. The minimum atomic E-state index is 0.880. The van der Waals surface area contributed by atoms with Crippen LogP contribution >= 0.6 is 11.3 Å². The molecule has 1 N–H and O–H groups in total. The third-order valence-electron chi connectivity index (χ3n) is 7.41. The van der Waals surface area contributed by atoms with E-state index in [0.29, 0.717) is 0 Å². The third-order valence-corrected chi connectivity index (χ3v) is 8.54. The fourth-order valence-corrected chi connectivity index (χ4v) is 6.71. The second-order valence-corrected chi connectivity index (χ2v) is 11.0. The lowest BCUT2D eigenvalue weighted by Gasteiger charge is -2.26. The number of hydrogen-bond acceptors (Lipinski definition) is 4. The Balaban J connectivity index is 1.19. The monoisotopic (exact) mass is 532 g/mol. The number of thiophene rings is 1. The minimum absolute atomic E-state index is 0.880. The van der Waals surface area contributed by atoms with E-state index >= 15 is 0 Å². The van der Waals surface area contributed by atoms with Crippen molar-refractivity contribution < 1.29 is 4.42 Å². The number of anilines is 5. The van der Waals surface area contributed by atoms with Gasteiger partial charge in [-0.25, -0.2) is 0 Å². The number of furan rings is 1. The van der Waals surface area contributed by atoms with Crippen molar-refractivity contribution in [2.75, 3.05) is 10.2 Å². The Morgan fingerprint density at radius 3 is 2.05 bits per heavy atom. The predicted molar refractivity (Wildman–Crippen MR) is 171 cm³/mol. The van der Waals surface area contributed by atoms with Gasteiger partial charge in [-0.1, -0.05) is 66.7 Å². The summed E-state index contributed by atoms with van der Waals surface area (Å²) < 4.78 is 8.72. The van der Waals surface area contributed by atoms with Gasteiger partial charge < -0.3 is 14.6 Å². The van der Waals surface area contributed by atoms with Crippen molar-refractivity contribution in [1.82, 2.24) is 0 Å². The standard InChI is InChI=1S/C36H24N2OS/c1-2-10-26(11-3-1)38(28-18-20-32-31-14-5-7-16-35(31)40-36(32)23-28)27-12-8-9-24(21-27)37-25-17-19-30-29-13-4-6-15-33(29)39-34(30)22-25/h1-23,37H. The first kappa shape index (κ1) is 22.9. The molecule has 0 aliphatic heterocycles. The van der Waals surface area contributed by atoms with E-state index in [-0.39, 0.29) is 0 Å². The molecule has 0 saturated heterocycles. The van der Waals surface area contributed by atoms with E-state index in [9.17, 15) is 0 Å². The van der Waals surface area contributed by atoms with Gasteiger partial charge in [0.2, 0.25) is 0 Å². The number of benzene rings is 6. The van der Waals surface area contributed by atoms with Crippen LogP contribution in [0, 0.1) is 0 Å². The zero-order chi connectivity index (χ0) is 26.5. The summed E-state index contributed by atoms with van der Waals surface area (Å²) in [7, 11) is 0. The number of fused-ring (bicyclic) bond motifs is 6. The van der Waals surface area contributed by atoms with Crippen LogP contribution in [-0.2, 0) is 0 Å². The molecule has 2 heterocycles. The van der Waals surface area contributed by atoms with Crippen molar-refractivity contribution >= 4 is 81.9 Å². The maximum absolute atomic E-state index is 6.12. The highest BCUT2D eigenvalue weighted by atomic mass is 32.1. The van der Waals surface area contributed by atoms with Gasteiger partial charge in [-0.3, -0.25) is 0 Å². The molecule has 3 nitrogen and oxygen atoms in total. The summed E-state index contributed by atoms with van der Waals surface area (Å²) in [6, 6.07) is 49.0. The first-order chi connectivity index (χ1) is 19.8. The topological polar surface area (TPSA) is 28.4 Å². The number of rotatable bonds is 5. The minimum Gasteiger partial charge on any atom is -0.456 e. The maximum atomic E-state index is 6.12. The molecule has 0 unspecified atom stereocenters. The van der Waals surface area contributed by atoms with Crippen LogP contribution in [-0.4, -0.2) is 0 Å². The number of nitrogens with one attached hydrogen (secondary N) is 1. The van der Waals surface area contributed by atoms with Crippen molar-refractivity contribution in [2.45, 2.75) is 0 Å². The maximum Gasteiger partial charge on any atom is 0.137 e. The molecule has 0 radical (unpaired) electrons. The largest absolute Gasteiger partial charge is 0.456 e. The summed E-state index contributed by atoms with van der Waals surface area (Å²) in [6.45, 7) is 0. The molecule has 0 spiro atoms. The van der Waals surface area contributed by atoms with Gasteiger partial charge in [0.25, 0.3) is 0 Å². The summed E-state index contributed by atoms with van der Waals surface area (Å²) in [6.07, 6.45) is 0. The van der Waals surface area contributed by atoms with Gasteiger partial charge in [-0.05, 0) is 66.7 Å². The molecule has 40 heavy (non-hydrogen) atoms. The molecule has 2 aromatic heterocycles. The summed E-state index contributed by atoms with van der Waals surface area (Å²) in [5.74, 6) is 0. The second kappa shape index (κ2) is 9.30. The average Bonchev–Trinajstić information content (AvgIpc) is 3.55. The molecule has 0 fully saturated rings. The number of hydrogen-bond donors (Lipinski definition) is 1. The fraction of sp³-hybridized carbons (Fsp3) is 0. The Kier molecular flexibility index (Phi) is 5.32. The van der Waals surface area contributed by atoms with Gasteiger partial charge in [0.05, 0.1) is 0 Å². The first-order valence-corrected chi connectivity index (χ1v) is 14.2. The first-order valence-electron chi connectivity index (χ1n) is 13.4. The van der Waals surface area contributed by atoms with Crippen molar-refractivity contribution in [1.29, 1.82) is 0 Å². The zero-order valence-electron chi connectivity index (χ0n) is 21.5. The van der Waals surface area contributed by atoms with Gasteiger partial charge >= 0.3 is 0 Å². The van der Waals surface area contributed by atoms with E-state index in [1.165, 1.54) is 20.2 Å². The van der Waals surface area contributed by atoms with Gasteiger partial charge in [-0.15, -0.1) is 11.3 Å². The Morgan fingerprint density at radius 1 is 0.450 bits per heavy atom. The van der Waals surface area contributed by atoms with Crippen LogP contribution in [0.5, 0.6) is 0 Å². The summed E-state index contributed by atoms with van der Waals surface area (Å²) in [4.78, 5) is 2.32. The van der Waals surface area contributed by atoms with Crippen molar-refractivity contribution in [3.63, 3.8) is 0 Å². The quantitative estimate of drug-likeness (QED) is 0.239. The molecule has 8 rings (SSSR count). The SMILES string of the molecule is c1ccc(N(c2cccc(Nc3ccc4c(c3)oc3ccccc34)c2)c2ccc3c(c2)sc2ccccc23)cc1. The van der Waals surface area contributed by atoms with Gasteiger partial charge in [0.1, 0.15) is 11.2 Å². The van der Waals surface area contributed by atoms with Crippen molar-refractivity contribution in [3.05, 3.63) is 140 Å². The molecule has 0 bridgehead atoms. The van der Waals surface area contributed by atoms with E-state index in [2.05, 4.69) is 132 Å². The fourth-order valence-electron chi connectivity index (χ4n) is 5.57. The van der Waals surface area contributed by atoms with E-state index in [4.69, 9.17) is 4.42 Å². The normalized spacial score (nSPS) is 11.5. The van der Waals surface area contributed by atoms with Crippen molar-refractivity contribution in [2.24, 2.45) is 0 Å². The lowest BCUT2D eigenvalue weighted by Crippen LogP contribution is -2.10. The molecule has 0 atom stereocenters. The molecule has 0 aliphatic rings. The van der Waals surface area contributed by atoms with Crippen LogP contribution in [0.1, 0.15) is 0 Å². The Bertz CT molecular complexity index is 2160. The highest BCUT2D eigenvalue weighted by Crippen LogP contribution is 2.41. The Hall–Kier alpha value is -5.06. The van der Waals surface area contributed by atoms with Crippen LogP contribution < -0.4 is 10.2 Å². The molecule has 4 heteroatoms. The summed E-state index contributed by atoms with van der Waals surface area (Å²) in [5.41, 5.74) is 7.12. The Labute approximate surface area is 235 Å². The molecular weight excluding hydrogens is 508 g/mol. The number of nitrogens with zero attached hydrogens (tertiary/aromatic N) is 1. The lowest BCUT2D eigenvalue weighted by molar-refractivity contribution is 0.669. The van der Waals surface area contributed by atoms with Gasteiger partial charge in [0, 0.05) is 65.4 Å². The highest BCUT2D eigenvalue weighted by Gasteiger charge is 2.15. The molecule has 6 aromatic carbocycles. The smallest absolute Gasteiger partial charge is 0.137 e. The van der Waals surface area contributed by atoms with E-state index < -0.39 is 0 Å².